The number of rotatable bonds is 3. The molecule has 0 bridgehead atoms. The van der Waals surface area contributed by atoms with Gasteiger partial charge in [0.05, 0.1) is 13.0 Å². The number of carbonyl (C=O) groups excluding carboxylic acids is 1. The molecule has 0 fully saturated rings. The van der Waals surface area contributed by atoms with Crippen molar-refractivity contribution in [2.75, 3.05) is 6.61 Å². The number of fused-ring (bicyclic) bond motifs is 1. The van der Waals surface area contributed by atoms with Crippen LogP contribution in [0.1, 0.15) is 18.2 Å². The summed E-state index contributed by atoms with van der Waals surface area (Å²) in [4.78, 5) is 11.5. The number of hydrogen-bond acceptors (Lipinski definition) is 4. The number of furan rings is 1. The van der Waals surface area contributed by atoms with Crippen molar-refractivity contribution in [2.24, 2.45) is 0 Å². The third kappa shape index (κ3) is 2.25. The topological polar surface area (TPSA) is 59.7 Å². The van der Waals surface area contributed by atoms with Crippen molar-refractivity contribution in [2.45, 2.75) is 20.3 Å². The predicted octanol–water partition coefficient (Wildman–Crippen LogP) is 2.55. The fraction of sp³-hybridized carbons (Fsp3) is 0.308. The fourth-order valence-electron chi connectivity index (χ4n) is 1.84. The first-order valence-electron chi connectivity index (χ1n) is 5.48. The van der Waals surface area contributed by atoms with Crippen LogP contribution in [0.5, 0.6) is 5.75 Å². The van der Waals surface area contributed by atoms with Crippen LogP contribution in [-0.4, -0.2) is 17.7 Å². The Bertz CT molecular complexity index is 554. The molecule has 0 saturated carbocycles. The Kier molecular flexibility index (Phi) is 3.04. The summed E-state index contributed by atoms with van der Waals surface area (Å²) in [5, 5.41) is 10.2. The summed E-state index contributed by atoms with van der Waals surface area (Å²) in [5.74, 6) is 0.555. The molecule has 0 aliphatic heterocycles. The molecule has 2 rings (SSSR count). The van der Waals surface area contributed by atoms with E-state index in [2.05, 4.69) is 0 Å². The number of ether oxygens (including phenoxy) is 1. The first-order valence-corrected chi connectivity index (χ1v) is 5.48. The number of phenols is 1. The molecule has 4 nitrogen and oxygen atoms in total. The van der Waals surface area contributed by atoms with Crippen molar-refractivity contribution in [3.8, 4) is 5.75 Å². The van der Waals surface area contributed by atoms with Crippen molar-refractivity contribution < 1.29 is 19.1 Å². The Labute approximate surface area is 98.8 Å². The standard InChI is InChI=1S/C13H14O4/c1-3-16-13(15)7-11-8(2)17-12-6-9(14)4-5-10(11)12/h4-6,14H,3,7H2,1-2H3. The molecule has 90 valence electrons. The van der Waals surface area contributed by atoms with Crippen molar-refractivity contribution in [1.29, 1.82) is 0 Å². The zero-order valence-corrected chi connectivity index (χ0v) is 9.82. The van der Waals surface area contributed by atoms with Crippen LogP contribution in [0.2, 0.25) is 0 Å². The molecule has 0 aliphatic carbocycles. The first kappa shape index (κ1) is 11.5. The lowest BCUT2D eigenvalue weighted by Crippen LogP contribution is -2.07. The Morgan fingerprint density at radius 2 is 2.24 bits per heavy atom. The number of phenolic OH excluding ortho intramolecular Hbond substituents is 1. The van der Waals surface area contributed by atoms with E-state index in [0.717, 1.165) is 10.9 Å². The van der Waals surface area contributed by atoms with E-state index in [9.17, 15) is 9.90 Å². The summed E-state index contributed by atoms with van der Waals surface area (Å²) >= 11 is 0. The van der Waals surface area contributed by atoms with Crippen LogP contribution in [-0.2, 0) is 16.0 Å². The Morgan fingerprint density at radius 3 is 2.94 bits per heavy atom. The summed E-state index contributed by atoms with van der Waals surface area (Å²) in [6, 6.07) is 4.86. The van der Waals surface area contributed by atoms with Crippen LogP contribution in [0.15, 0.2) is 22.6 Å². The lowest BCUT2D eigenvalue weighted by atomic mass is 10.1. The van der Waals surface area contributed by atoms with Gasteiger partial charge in [-0.3, -0.25) is 4.79 Å². The molecule has 2 aromatic rings. The Balaban J connectivity index is 2.39. The fourth-order valence-corrected chi connectivity index (χ4v) is 1.84. The molecule has 17 heavy (non-hydrogen) atoms. The van der Waals surface area contributed by atoms with E-state index in [4.69, 9.17) is 9.15 Å². The molecule has 0 amide bonds. The van der Waals surface area contributed by atoms with Crippen LogP contribution >= 0.6 is 0 Å². The molecule has 1 heterocycles. The minimum absolute atomic E-state index is 0.147. The maximum absolute atomic E-state index is 11.5. The highest BCUT2D eigenvalue weighted by molar-refractivity contribution is 5.87. The van der Waals surface area contributed by atoms with Crippen molar-refractivity contribution in [1.82, 2.24) is 0 Å². The Hall–Kier alpha value is -1.97. The van der Waals surface area contributed by atoms with Gasteiger partial charge in [0.2, 0.25) is 0 Å². The van der Waals surface area contributed by atoms with Gasteiger partial charge < -0.3 is 14.3 Å². The minimum Gasteiger partial charge on any atom is -0.508 e. The second-order valence-electron chi connectivity index (χ2n) is 3.80. The number of hydrogen-bond donors (Lipinski definition) is 1. The van der Waals surface area contributed by atoms with Gasteiger partial charge in [-0.2, -0.15) is 0 Å². The van der Waals surface area contributed by atoms with Gasteiger partial charge in [-0.1, -0.05) is 0 Å². The highest BCUT2D eigenvalue weighted by Crippen LogP contribution is 2.28. The lowest BCUT2D eigenvalue weighted by molar-refractivity contribution is -0.142. The number of aryl methyl sites for hydroxylation is 1. The Morgan fingerprint density at radius 1 is 1.47 bits per heavy atom. The molecule has 0 radical (unpaired) electrons. The second kappa shape index (κ2) is 4.49. The highest BCUT2D eigenvalue weighted by atomic mass is 16.5. The quantitative estimate of drug-likeness (QED) is 0.829. The van der Waals surface area contributed by atoms with Crippen LogP contribution in [0, 0.1) is 6.92 Å². The smallest absolute Gasteiger partial charge is 0.310 e. The lowest BCUT2D eigenvalue weighted by Gasteiger charge is -2.01. The van der Waals surface area contributed by atoms with Gasteiger partial charge in [-0.25, -0.2) is 0 Å². The third-order valence-electron chi connectivity index (χ3n) is 2.60. The molecule has 0 unspecified atom stereocenters. The third-order valence-corrected chi connectivity index (χ3v) is 2.60. The number of carbonyl (C=O) groups is 1. The number of aromatic hydroxyl groups is 1. The summed E-state index contributed by atoms with van der Waals surface area (Å²) in [6.07, 6.45) is 0.192. The predicted molar refractivity (Wildman–Crippen MR) is 63.0 cm³/mol. The molecule has 1 aromatic heterocycles. The summed E-state index contributed by atoms with van der Waals surface area (Å²) in [5.41, 5.74) is 1.40. The van der Waals surface area contributed by atoms with E-state index < -0.39 is 0 Å². The van der Waals surface area contributed by atoms with E-state index in [1.54, 1.807) is 26.0 Å². The SMILES string of the molecule is CCOC(=O)Cc1c(C)oc2cc(O)ccc12. The summed E-state index contributed by atoms with van der Waals surface area (Å²) in [7, 11) is 0. The highest BCUT2D eigenvalue weighted by Gasteiger charge is 2.15. The molecule has 1 aromatic carbocycles. The molecule has 0 spiro atoms. The van der Waals surface area contributed by atoms with Gasteiger partial charge >= 0.3 is 5.97 Å². The van der Waals surface area contributed by atoms with Crippen molar-refractivity contribution in [3.63, 3.8) is 0 Å². The molecule has 4 heteroatoms. The van der Waals surface area contributed by atoms with Crippen molar-refractivity contribution in [3.05, 3.63) is 29.5 Å². The molecule has 0 aliphatic rings. The van der Waals surface area contributed by atoms with Crippen LogP contribution in [0.3, 0.4) is 0 Å². The van der Waals surface area contributed by atoms with Gasteiger partial charge in [0.25, 0.3) is 0 Å². The van der Waals surface area contributed by atoms with E-state index in [-0.39, 0.29) is 18.1 Å². The van der Waals surface area contributed by atoms with Crippen molar-refractivity contribution >= 4 is 16.9 Å². The van der Waals surface area contributed by atoms with Gasteiger partial charge in [0.15, 0.2) is 0 Å². The minimum atomic E-state index is -0.272. The average Bonchev–Trinajstić information content (AvgIpc) is 2.55. The molecule has 0 atom stereocenters. The second-order valence-corrected chi connectivity index (χ2v) is 3.80. The normalized spacial score (nSPS) is 10.7. The first-order chi connectivity index (χ1) is 8.11. The summed E-state index contributed by atoms with van der Waals surface area (Å²) in [6.45, 7) is 3.94. The average molecular weight is 234 g/mol. The van der Waals surface area contributed by atoms with E-state index >= 15 is 0 Å². The number of benzene rings is 1. The van der Waals surface area contributed by atoms with E-state index in [1.807, 2.05) is 0 Å². The number of esters is 1. The van der Waals surface area contributed by atoms with Crippen LogP contribution < -0.4 is 0 Å². The molecule has 0 saturated heterocycles. The maximum Gasteiger partial charge on any atom is 0.310 e. The van der Waals surface area contributed by atoms with Crippen LogP contribution in [0.4, 0.5) is 0 Å². The molecular formula is C13H14O4. The largest absolute Gasteiger partial charge is 0.508 e. The monoisotopic (exact) mass is 234 g/mol. The maximum atomic E-state index is 11.5. The van der Waals surface area contributed by atoms with E-state index in [0.29, 0.717) is 18.0 Å². The zero-order valence-electron chi connectivity index (χ0n) is 9.82. The molecular weight excluding hydrogens is 220 g/mol. The van der Waals surface area contributed by atoms with Gasteiger partial charge in [0.1, 0.15) is 17.1 Å². The van der Waals surface area contributed by atoms with Gasteiger partial charge in [-0.15, -0.1) is 0 Å². The zero-order chi connectivity index (χ0) is 12.4. The summed E-state index contributed by atoms with van der Waals surface area (Å²) < 4.78 is 10.4. The van der Waals surface area contributed by atoms with Gasteiger partial charge in [-0.05, 0) is 26.0 Å². The van der Waals surface area contributed by atoms with E-state index in [1.165, 1.54) is 6.07 Å². The molecule has 1 N–H and O–H groups in total. The van der Waals surface area contributed by atoms with Gasteiger partial charge in [0, 0.05) is 17.0 Å². The van der Waals surface area contributed by atoms with Crippen LogP contribution in [0.25, 0.3) is 11.0 Å².